The van der Waals surface area contributed by atoms with Crippen molar-refractivity contribution in [2.24, 2.45) is 11.7 Å². The Labute approximate surface area is 175 Å². The lowest BCUT2D eigenvalue weighted by atomic mass is 9.97. The topological polar surface area (TPSA) is 104 Å². The summed E-state index contributed by atoms with van der Waals surface area (Å²) in [5.41, 5.74) is 7.07. The third-order valence-electron chi connectivity index (χ3n) is 5.81. The first-order valence-electron chi connectivity index (χ1n) is 10.2. The first-order chi connectivity index (χ1) is 13.8. The number of amides is 2. The number of carboxylic acids is 1. The Bertz CT molecular complexity index is 766. The van der Waals surface area contributed by atoms with Crippen molar-refractivity contribution in [2.45, 2.75) is 50.6 Å². The molecule has 0 aliphatic carbocycles. The molecule has 2 amide bonds. The molecule has 2 heterocycles. The number of carbonyl (C=O) groups excluding carboxylic acids is 2. The van der Waals surface area contributed by atoms with Crippen LogP contribution in [0.4, 0.5) is 0 Å². The van der Waals surface area contributed by atoms with E-state index in [4.69, 9.17) is 17.3 Å². The molecule has 0 radical (unpaired) electrons. The van der Waals surface area contributed by atoms with Gasteiger partial charge in [-0.25, -0.2) is 4.79 Å². The molecule has 7 nitrogen and oxygen atoms in total. The predicted octanol–water partition coefficient (Wildman–Crippen LogP) is 1.91. The molecule has 3 N–H and O–H groups in total. The average molecular weight is 422 g/mol. The van der Waals surface area contributed by atoms with E-state index in [-0.39, 0.29) is 30.6 Å². The molecule has 2 saturated heterocycles. The Kier molecular flexibility index (Phi) is 7.14. The zero-order valence-corrected chi connectivity index (χ0v) is 17.2. The van der Waals surface area contributed by atoms with E-state index in [1.165, 1.54) is 4.90 Å². The van der Waals surface area contributed by atoms with E-state index in [0.29, 0.717) is 24.4 Å². The van der Waals surface area contributed by atoms with Gasteiger partial charge in [0.15, 0.2) is 0 Å². The molecule has 3 unspecified atom stereocenters. The molecule has 29 heavy (non-hydrogen) atoms. The number of hydrogen-bond donors (Lipinski definition) is 2. The van der Waals surface area contributed by atoms with Crippen LogP contribution in [0, 0.1) is 5.92 Å². The van der Waals surface area contributed by atoms with E-state index in [0.717, 1.165) is 31.5 Å². The lowest BCUT2D eigenvalue weighted by Crippen LogP contribution is -2.48. The van der Waals surface area contributed by atoms with Crippen LogP contribution >= 0.6 is 11.6 Å². The fourth-order valence-corrected chi connectivity index (χ4v) is 4.50. The standard InChI is InChI=1S/C21H28ClN3O4/c22-16-5-3-4-14(11-16)10-15-12-18(21(28)29)25(13-15)20(27)17(23)6-7-19(26)24-8-1-2-9-24/h3-5,11,15,17-18H,1-2,6-10,12-13,23H2,(H,28,29). The van der Waals surface area contributed by atoms with Crippen molar-refractivity contribution in [3.05, 3.63) is 34.9 Å². The molecule has 0 aromatic heterocycles. The van der Waals surface area contributed by atoms with E-state index >= 15 is 0 Å². The minimum atomic E-state index is -1.02. The van der Waals surface area contributed by atoms with Crippen molar-refractivity contribution >= 4 is 29.4 Å². The first-order valence-corrected chi connectivity index (χ1v) is 10.5. The predicted molar refractivity (Wildman–Crippen MR) is 109 cm³/mol. The molecule has 0 bridgehead atoms. The van der Waals surface area contributed by atoms with Gasteiger partial charge in [-0.15, -0.1) is 0 Å². The quantitative estimate of drug-likeness (QED) is 0.699. The van der Waals surface area contributed by atoms with Crippen molar-refractivity contribution in [3.63, 3.8) is 0 Å². The van der Waals surface area contributed by atoms with Gasteiger partial charge in [-0.2, -0.15) is 0 Å². The molecule has 2 fully saturated rings. The van der Waals surface area contributed by atoms with Crippen molar-refractivity contribution in [1.82, 2.24) is 9.80 Å². The SMILES string of the molecule is NC(CCC(=O)N1CCCC1)C(=O)N1CC(Cc2cccc(Cl)c2)CC1C(=O)O. The molecule has 2 aliphatic heterocycles. The van der Waals surface area contributed by atoms with Gasteiger partial charge < -0.3 is 20.6 Å². The Morgan fingerprint density at radius 1 is 1.24 bits per heavy atom. The highest BCUT2D eigenvalue weighted by molar-refractivity contribution is 6.30. The minimum Gasteiger partial charge on any atom is -0.480 e. The zero-order valence-electron chi connectivity index (χ0n) is 16.4. The minimum absolute atomic E-state index is 0.0146. The van der Waals surface area contributed by atoms with Gasteiger partial charge in [-0.1, -0.05) is 23.7 Å². The van der Waals surface area contributed by atoms with Crippen LogP contribution in [0.3, 0.4) is 0 Å². The van der Waals surface area contributed by atoms with E-state index in [9.17, 15) is 19.5 Å². The number of rotatable bonds is 7. The third kappa shape index (κ3) is 5.48. The van der Waals surface area contributed by atoms with E-state index in [1.807, 2.05) is 18.2 Å². The molecule has 0 saturated carbocycles. The summed E-state index contributed by atoms with van der Waals surface area (Å²) < 4.78 is 0. The maximum Gasteiger partial charge on any atom is 0.326 e. The van der Waals surface area contributed by atoms with Gasteiger partial charge in [0.25, 0.3) is 0 Å². The Balaban J connectivity index is 1.58. The number of carboxylic acid groups (broad SMARTS) is 1. The maximum absolute atomic E-state index is 12.8. The van der Waals surface area contributed by atoms with Gasteiger partial charge in [-0.3, -0.25) is 9.59 Å². The first kappa shape index (κ1) is 21.6. The van der Waals surface area contributed by atoms with Gasteiger partial charge in [0, 0.05) is 31.1 Å². The Morgan fingerprint density at radius 3 is 2.62 bits per heavy atom. The highest BCUT2D eigenvalue weighted by Gasteiger charge is 2.41. The molecule has 0 spiro atoms. The van der Waals surface area contributed by atoms with Crippen molar-refractivity contribution < 1.29 is 19.5 Å². The van der Waals surface area contributed by atoms with Crippen LogP contribution in [0.5, 0.6) is 0 Å². The van der Waals surface area contributed by atoms with Gasteiger partial charge in [-0.05, 0) is 55.7 Å². The molecule has 1 aromatic rings. The molecule has 1 aromatic carbocycles. The van der Waals surface area contributed by atoms with Gasteiger partial charge in [0.1, 0.15) is 6.04 Å². The van der Waals surface area contributed by atoms with Crippen LogP contribution in [-0.2, 0) is 20.8 Å². The summed E-state index contributed by atoms with van der Waals surface area (Å²) in [6.07, 6.45) is 3.50. The molecular weight excluding hydrogens is 394 g/mol. The van der Waals surface area contributed by atoms with Crippen LogP contribution in [0.2, 0.25) is 5.02 Å². The molecule has 8 heteroatoms. The number of likely N-dealkylation sites (tertiary alicyclic amines) is 2. The largest absolute Gasteiger partial charge is 0.480 e. The zero-order chi connectivity index (χ0) is 21.0. The summed E-state index contributed by atoms with van der Waals surface area (Å²) in [7, 11) is 0. The highest BCUT2D eigenvalue weighted by Crippen LogP contribution is 2.28. The number of aliphatic carboxylic acids is 1. The summed E-state index contributed by atoms with van der Waals surface area (Å²) in [6, 6.07) is 5.70. The second kappa shape index (κ2) is 9.59. The third-order valence-corrected chi connectivity index (χ3v) is 6.05. The number of carbonyl (C=O) groups is 3. The number of benzene rings is 1. The number of nitrogens with zero attached hydrogens (tertiary/aromatic N) is 2. The van der Waals surface area contributed by atoms with Gasteiger partial charge in [0.2, 0.25) is 11.8 Å². The van der Waals surface area contributed by atoms with Crippen molar-refractivity contribution in [3.8, 4) is 0 Å². The van der Waals surface area contributed by atoms with Gasteiger partial charge >= 0.3 is 5.97 Å². The number of hydrogen-bond acceptors (Lipinski definition) is 4. The Morgan fingerprint density at radius 2 is 1.97 bits per heavy atom. The maximum atomic E-state index is 12.8. The normalized spacial score (nSPS) is 22.7. The van der Waals surface area contributed by atoms with Crippen LogP contribution in [-0.4, -0.2) is 64.4 Å². The fourth-order valence-electron chi connectivity index (χ4n) is 4.29. The summed E-state index contributed by atoms with van der Waals surface area (Å²) in [5.74, 6) is -1.37. The van der Waals surface area contributed by atoms with Crippen LogP contribution < -0.4 is 5.73 Å². The van der Waals surface area contributed by atoms with Crippen LogP contribution in [0.25, 0.3) is 0 Å². The summed E-state index contributed by atoms with van der Waals surface area (Å²) >= 11 is 6.03. The molecule has 158 valence electrons. The van der Waals surface area contributed by atoms with Crippen LogP contribution in [0.15, 0.2) is 24.3 Å². The lowest BCUT2D eigenvalue weighted by molar-refractivity contribution is -0.148. The van der Waals surface area contributed by atoms with E-state index in [1.54, 1.807) is 11.0 Å². The lowest BCUT2D eigenvalue weighted by Gasteiger charge is -2.25. The highest BCUT2D eigenvalue weighted by atomic mass is 35.5. The molecular formula is C21H28ClN3O4. The van der Waals surface area contributed by atoms with Crippen molar-refractivity contribution in [2.75, 3.05) is 19.6 Å². The summed E-state index contributed by atoms with van der Waals surface area (Å²) in [5, 5.41) is 10.2. The van der Waals surface area contributed by atoms with Gasteiger partial charge in [0.05, 0.1) is 6.04 Å². The molecule has 2 aliphatic rings. The fraction of sp³-hybridized carbons (Fsp3) is 0.571. The smallest absolute Gasteiger partial charge is 0.326 e. The van der Waals surface area contributed by atoms with Crippen molar-refractivity contribution in [1.29, 1.82) is 0 Å². The molecule has 3 rings (SSSR count). The van der Waals surface area contributed by atoms with E-state index < -0.39 is 18.1 Å². The number of halogens is 1. The molecule has 3 atom stereocenters. The Hall–Kier alpha value is -2.12. The summed E-state index contributed by atoms with van der Waals surface area (Å²) in [4.78, 5) is 39.9. The van der Waals surface area contributed by atoms with E-state index in [2.05, 4.69) is 0 Å². The second-order valence-electron chi connectivity index (χ2n) is 8.01. The number of nitrogens with two attached hydrogens (primary N) is 1. The second-order valence-corrected chi connectivity index (χ2v) is 8.45. The monoisotopic (exact) mass is 421 g/mol. The van der Waals surface area contributed by atoms with Crippen LogP contribution in [0.1, 0.15) is 37.7 Å². The average Bonchev–Trinajstić information content (AvgIpc) is 3.35. The summed E-state index contributed by atoms with van der Waals surface area (Å²) in [6.45, 7) is 1.87.